The molecule has 7 nitrogen and oxygen atoms in total. The van der Waals surface area contributed by atoms with Crippen LogP contribution in [-0.2, 0) is 7.05 Å². The summed E-state index contributed by atoms with van der Waals surface area (Å²) in [6, 6.07) is 0. The van der Waals surface area contributed by atoms with Gasteiger partial charge in [-0.1, -0.05) is 24.6 Å². The van der Waals surface area contributed by atoms with Crippen LogP contribution in [0.5, 0.6) is 0 Å². The first kappa shape index (κ1) is 15.0. The molecule has 2 aromatic rings. The monoisotopic (exact) mass is 290 g/mol. The molecule has 2 heterocycles. The van der Waals surface area contributed by atoms with Gasteiger partial charge in [-0.2, -0.15) is 4.98 Å². The molecule has 0 saturated carbocycles. The molecule has 0 amide bonds. The third-order valence-electron chi connectivity index (χ3n) is 3.54. The molecule has 0 aliphatic rings. The van der Waals surface area contributed by atoms with Crippen molar-refractivity contribution in [1.29, 1.82) is 0 Å². The van der Waals surface area contributed by atoms with Gasteiger partial charge in [0.25, 0.3) is 11.4 Å². The molecule has 2 rings (SSSR count). The minimum Gasteiger partial charge on any atom is -0.334 e. The Balaban J connectivity index is 2.54. The summed E-state index contributed by atoms with van der Waals surface area (Å²) in [6.07, 6.45) is 1.78. The smallest absolute Gasteiger partial charge is 0.328 e. The molecule has 21 heavy (non-hydrogen) atoms. The van der Waals surface area contributed by atoms with E-state index in [9.17, 15) is 9.59 Å². The van der Waals surface area contributed by atoms with Crippen molar-refractivity contribution in [2.75, 3.05) is 0 Å². The topological polar surface area (TPSA) is 93.8 Å². The van der Waals surface area contributed by atoms with Crippen LogP contribution in [0.3, 0.4) is 0 Å². The first-order valence-electron chi connectivity index (χ1n) is 6.63. The fourth-order valence-corrected chi connectivity index (χ4v) is 1.75. The van der Waals surface area contributed by atoms with Crippen LogP contribution in [0.1, 0.15) is 32.4 Å². The van der Waals surface area contributed by atoms with Crippen molar-refractivity contribution in [2.45, 2.75) is 27.7 Å². The van der Waals surface area contributed by atoms with Crippen molar-refractivity contribution in [3.8, 4) is 11.4 Å². The molecular formula is C14H18N4O3. The lowest BCUT2D eigenvalue weighted by Crippen LogP contribution is -2.31. The van der Waals surface area contributed by atoms with Crippen LogP contribution in [0.25, 0.3) is 17.5 Å². The lowest BCUT2D eigenvalue weighted by atomic mass is 10.1. The number of nitrogens with one attached hydrogen (secondary N) is 1. The van der Waals surface area contributed by atoms with Crippen molar-refractivity contribution < 1.29 is 4.52 Å². The number of hydrogen-bond acceptors (Lipinski definition) is 5. The molecule has 7 heteroatoms. The summed E-state index contributed by atoms with van der Waals surface area (Å²) < 4.78 is 6.48. The van der Waals surface area contributed by atoms with E-state index in [1.54, 1.807) is 20.0 Å². The van der Waals surface area contributed by atoms with Gasteiger partial charge in [0.05, 0.1) is 0 Å². The first-order valence-corrected chi connectivity index (χ1v) is 6.63. The highest BCUT2D eigenvalue weighted by Crippen LogP contribution is 2.17. The van der Waals surface area contributed by atoms with Gasteiger partial charge in [0.1, 0.15) is 5.56 Å². The molecule has 0 atom stereocenters. The van der Waals surface area contributed by atoms with Crippen LogP contribution < -0.4 is 11.2 Å². The molecule has 112 valence electrons. The minimum absolute atomic E-state index is 0.173. The molecule has 0 fully saturated rings. The summed E-state index contributed by atoms with van der Waals surface area (Å²) in [4.78, 5) is 29.9. The molecule has 0 bridgehead atoms. The van der Waals surface area contributed by atoms with Gasteiger partial charge in [-0.3, -0.25) is 9.78 Å². The Morgan fingerprint density at radius 1 is 1.38 bits per heavy atom. The van der Waals surface area contributed by atoms with Crippen molar-refractivity contribution in [1.82, 2.24) is 19.7 Å². The fourth-order valence-electron chi connectivity index (χ4n) is 1.75. The number of H-pyrrole nitrogens is 1. The van der Waals surface area contributed by atoms with Crippen LogP contribution in [0.15, 0.2) is 19.7 Å². The van der Waals surface area contributed by atoms with E-state index in [0.717, 1.165) is 5.57 Å². The Kier molecular flexibility index (Phi) is 3.93. The lowest BCUT2D eigenvalue weighted by Gasteiger charge is -2.04. The van der Waals surface area contributed by atoms with Crippen molar-refractivity contribution >= 4 is 6.08 Å². The van der Waals surface area contributed by atoms with Crippen molar-refractivity contribution in [3.05, 3.63) is 38.0 Å². The van der Waals surface area contributed by atoms with E-state index < -0.39 is 11.2 Å². The Morgan fingerprint density at radius 2 is 2.05 bits per heavy atom. The quantitative estimate of drug-likeness (QED) is 0.924. The minimum atomic E-state index is -0.521. The standard InChI is InChI=1S/C14H18N4O3/c1-7(2)8(3)6-10-15-12(17-21-10)11-9(4)18(5)14(20)16-13(11)19/h6-7H,1-5H3,(H,16,19,20)/b8-6+. The van der Waals surface area contributed by atoms with Gasteiger partial charge in [-0.05, 0) is 19.8 Å². The SMILES string of the molecule is C/C(=C\c1nc(-c2c(C)n(C)c(=O)[nH]c2=O)no1)C(C)C. The summed E-state index contributed by atoms with van der Waals surface area (Å²) in [5.41, 5.74) is 0.827. The highest BCUT2D eigenvalue weighted by molar-refractivity contribution is 5.57. The number of hydrogen-bond donors (Lipinski definition) is 1. The molecule has 0 spiro atoms. The van der Waals surface area contributed by atoms with Crippen LogP contribution >= 0.6 is 0 Å². The van der Waals surface area contributed by atoms with Gasteiger partial charge in [-0.15, -0.1) is 0 Å². The van der Waals surface area contributed by atoms with Crippen LogP contribution in [0, 0.1) is 12.8 Å². The molecule has 0 aromatic carbocycles. The average Bonchev–Trinajstić information content (AvgIpc) is 2.84. The lowest BCUT2D eigenvalue weighted by molar-refractivity contribution is 0.410. The number of aromatic nitrogens is 4. The number of rotatable bonds is 3. The predicted molar refractivity (Wildman–Crippen MR) is 78.8 cm³/mol. The first-order chi connectivity index (χ1) is 9.81. The molecule has 0 saturated heterocycles. The molecular weight excluding hydrogens is 272 g/mol. The van der Waals surface area contributed by atoms with Crippen LogP contribution in [-0.4, -0.2) is 19.7 Å². The molecule has 0 radical (unpaired) electrons. The third-order valence-corrected chi connectivity index (χ3v) is 3.54. The normalized spacial score (nSPS) is 12.2. The molecule has 2 aromatic heterocycles. The molecule has 0 aliphatic carbocycles. The van der Waals surface area contributed by atoms with Gasteiger partial charge < -0.3 is 9.09 Å². The second-order valence-electron chi connectivity index (χ2n) is 5.28. The second-order valence-corrected chi connectivity index (χ2v) is 5.28. The summed E-state index contributed by atoms with van der Waals surface area (Å²) in [5, 5.41) is 3.83. The maximum Gasteiger partial charge on any atom is 0.328 e. The predicted octanol–water partition coefficient (Wildman–Crippen LogP) is 1.49. The summed E-state index contributed by atoms with van der Waals surface area (Å²) in [7, 11) is 1.57. The maximum atomic E-state index is 11.9. The van der Waals surface area contributed by atoms with E-state index >= 15 is 0 Å². The molecule has 0 unspecified atom stereocenters. The summed E-state index contributed by atoms with van der Waals surface area (Å²) >= 11 is 0. The van der Waals surface area contributed by atoms with Gasteiger partial charge in [0.2, 0.25) is 5.82 Å². The largest absolute Gasteiger partial charge is 0.334 e. The van der Waals surface area contributed by atoms with E-state index in [1.807, 2.05) is 6.92 Å². The molecule has 1 N–H and O–H groups in total. The Hall–Kier alpha value is -2.44. The van der Waals surface area contributed by atoms with Gasteiger partial charge in [0.15, 0.2) is 0 Å². The second kappa shape index (κ2) is 5.51. The zero-order chi connectivity index (χ0) is 15.7. The summed E-state index contributed by atoms with van der Waals surface area (Å²) in [6.45, 7) is 7.76. The number of allylic oxidation sites excluding steroid dienone is 1. The Morgan fingerprint density at radius 3 is 2.67 bits per heavy atom. The third kappa shape index (κ3) is 2.86. The van der Waals surface area contributed by atoms with Crippen LogP contribution in [0.2, 0.25) is 0 Å². The zero-order valence-corrected chi connectivity index (χ0v) is 12.7. The molecule has 0 aliphatic heterocycles. The highest BCUT2D eigenvalue weighted by atomic mass is 16.5. The Labute approximate surface area is 121 Å². The van der Waals surface area contributed by atoms with E-state index in [0.29, 0.717) is 17.5 Å². The highest BCUT2D eigenvalue weighted by Gasteiger charge is 2.17. The van der Waals surface area contributed by atoms with E-state index in [-0.39, 0.29) is 11.4 Å². The van der Waals surface area contributed by atoms with Crippen molar-refractivity contribution in [3.63, 3.8) is 0 Å². The van der Waals surface area contributed by atoms with Gasteiger partial charge >= 0.3 is 5.69 Å². The van der Waals surface area contributed by atoms with Gasteiger partial charge in [-0.25, -0.2) is 4.79 Å². The van der Waals surface area contributed by atoms with E-state index in [2.05, 4.69) is 29.0 Å². The fraction of sp³-hybridized carbons (Fsp3) is 0.429. The van der Waals surface area contributed by atoms with E-state index in [4.69, 9.17) is 4.52 Å². The Bertz CT molecular complexity index is 808. The summed E-state index contributed by atoms with van der Waals surface area (Å²) in [5.74, 6) is 0.874. The van der Waals surface area contributed by atoms with Crippen molar-refractivity contribution in [2.24, 2.45) is 13.0 Å². The zero-order valence-electron chi connectivity index (χ0n) is 12.7. The number of nitrogens with zero attached hydrogens (tertiary/aromatic N) is 3. The number of aromatic amines is 1. The van der Waals surface area contributed by atoms with Crippen LogP contribution in [0.4, 0.5) is 0 Å². The van der Waals surface area contributed by atoms with E-state index in [1.165, 1.54) is 4.57 Å². The van der Waals surface area contributed by atoms with Gasteiger partial charge in [0, 0.05) is 18.8 Å². The maximum absolute atomic E-state index is 11.9. The average molecular weight is 290 g/mol.